The van der Waals surface area contributed by atoms with Crippen LogP contribution in [-0.2, 0) is 54.3 Å². The van der Waals surface area contributed by atoms with Gasteiger partial charge in [-0.15, -0.1) is 0 Å². The summed E-state index contributed by atoms with van der Waals surface area (Å²) < 4.78 is 89.6. The predicted molar refractivity (Wildman–Crippen MR) is 556 cm³/mol. The number of nitriles is 4. The average molecular weight is 2140 g/mol. The van der Waals surface area contributed by atoms with E-state index < -0.39 is 69.5 Å². The molecule has 0 aliphatic carbocycles. The number of carbonyl (C=O) groups excluding carboxylic acids is 6. The summed E-state index contributed by atoms with van der Waals surface area (Å²) in [6.45, 7) is 20.5. The first-order valence-electron chi connectivity index (χ1n) is 50.0. The van der Waals surface area contributed by atoms with Crippen LogP contribution in [0.15, 0.2) is 150 Å². The normalized spacial score (nSPS) is 20.4. The number of nitrogens with one attached hydrogen (secondary N) is 2. The van der Waals surface area contributed by atoms with Crippen molar-refractivity contribution in [1.29, 1.82) is 21.0 Å². The summed E-state index contributed by atoms with van der Waals surface area (Å²) in [5, 5.41) is 48.7. The number of hydrogen-bond donors (Lipinski definition) is 2. The van der Waals surface area contributed by atoms with Gasteiger partial charge in [0.25, 0.3) is 23.6 Å². The Morgan fingerprint density at radius 1 is 0.356 bits per heavy atom. The molecule has 2 N–H and O–H groups in total. The highest BCUT2D eigenvalue weighted by Gasteiger charge is 2.48. The van der Waals surface area contributed by atoms with Gasteiger partial charge < -0.3 is 73.4 Å². The zero-order chi connectivity index (χ0) is 104. The first-order chi connectivity index (χ1) is 69.8. The average Bonchev–Trinajstić information content (AvgIpc) is 1.60. The van der Waals surface area contributed by atoms with Crippen molar-refractivity contribution < 1.29 is 74.8 Å². The standard InChI is InChI=1S/C31H36ClFN4O4.C27H28BrClFN3O4.2C26H28ClFN4O2/c1-30(2,3)41-29(39)37-19-27(40-26-17-24(23(32)16-25(26)37)35-12-4-5-13-35)28(38)36-14-10-31(20-34,11-15-36)18-21-6-8-22(33)9-7-21;1-26(2,3)37-25(35)33-15-23(36-22-12-19(28)20(29)13-21(22)33)24(34)32-10-8-27(16-31,9-11-32)14-17-4-6-18(30)7-5-17;2*27-20-13-21-23(14-22(20)31-9-1-2-10-31)34-24(16-30-21)25(33)32-11-7-26(17-29,8-12-32)15-18-3-5-19(28)6-4-18/h6-9,16-17,27H,4-5,10-15,18-19H2,1-3H3;4-7,12-13,23H,8-11,14-15H2,1-3H3;2*3-6,13-14,24,30H,1-2,7-12,15-16H2. The van der Waals surface area contributed by atoms with Crippen LogP contribution in [0.25, 0.3) is 0 Å². The molecule has 0 aromatic heterocycles. The second-order valence-electron chi connectivity index (χ2n) is 41.6. The first kappa shape index (κ1) is 106. The Balaban J connectivity index is 0.000000140. The van der Waals surface area contributed by atoms with E-state index in [9.17, 15) is 67.4 Å². The lowest BCUT2D eigenvalue weighted by Crippen LogP contribution is -2.54. The maximum atomic E-state index is 13.8. The van der Waals surface area contributed by atoms with Crippen molar-refractivity contribution in [2.45, 2.75) is 193 Å². The molecule has 0 bridgehead atoms. The molecule has 0 radical (unpaired) electrons. The number of nitrogens with zero attached hydrogens (tertiary/aromatic N) is 13. The topological polar surface area (TPSA) is 306 Å². The molecule has 4 unspecified atom stereocenters. The Bertz CT molecular complexity index is 6110. The fraction of sp³-hybridized carbons (Fsp3) is 0.473. The summed E-state index contributed by atoms with van der Waals surface area (Å²) in [5.74, 6) is 0.204. The van der Waals surface area contributed by atoms with Crippen LogP contribution in [0.4, 0.5) is 67.0 Å². The van der Waals surface area contributed by atoms with Crippen molar-refractivity contribution >= 4 is 138 Å². The molecular formula is C110H120BrCl4F4N15O12. The molecule has 36 heteroatoms. The van der Waals surface area contributed by atoms with Gasteiger partial charge in [0, 0.05) is 114 Å². The van der Waals surface area contributed by atoms with Crippen LogP contribution in [0.2, 0.25) is 20.1 Å². The quantitative estimate of drug-likeness (QED) is 0.0901. The molecule has 0 saturated carbocycles. The van der Waals surface area contributed by atoms with Crippen LogP contribution in [0.3, 0.4) is 0 Å². The Morgan fingerprint density at radius 3 is 0.877 bits per heavy atom. The van der Waals surface area contributed by atoms with Gasteiger partial charge in [0.2, 0.25) is 0 Å². The number of ether oxygens (including phenoxy) is 6. The minimum Gasteiger partial charge on any atom is -0.476 e. The maximum Gasteiger partial charge on any atom is 0.415 e. The molecule has 7 saturated heterocycles. The van der Waals surface area contributed by atoms with Crippen LogP contribution in [0.5, 0.6) is 23.0 Å². The maximum absolute atomic E-state index is 13.8. The number of anilines is 7. The van der Waals surface area contributed by atoms with Gasteiger partial charge in [0.05, 0.1) is 132 Å². The molecule has 0 spiro atoms. The van der Waals surface area contributed by atoms with Crippen LogP contribution < -0.4 is 54.1 Å². The lowest BCUT2D eigenvalue weighted by molar-refractivity contribution is -0.141. The van der Waals surface area contributed by atoms with Gasteiger partial charge in [-0.25, -0.2) is 27.2 Å². The molecule has 27 nitrogen and oxygen atoms in total. The minimum absolute atomic E-state index is 0.0182. The Morgan fingerprint density at radius 2 is 0.603 bits per heavy atom. The van der Waals surface area contributed by atoms with E-state index in [0.717, 1.165) is 128 Å². The van der Waals surface area contributed by atoms with Crippen molar-refractivity contribution in [2.24, 2.45) is 21.7 Å². The molecule has 8 aromatic rings. The van der Waals surface area contributed by atoms with E-state index in [4.69, 9.17) is 74.8 Å². The summed E-state index contributed by atoms with van der Waals surface area (Å²) in [4.78, 5) is 96.7. The summed E-state index contributed by atoms with van der Waals surface area (Å²) in [6, 6.07) is 49.2. The number of fused-ring (bicyclic) bond motifs is 4. The highest BCUT2D eigenvalue weighted by Crippen LogP contribution is 2.49. The Hall–Kier alpha value is -12.3. The monoisotopic (exact) mass is 2140 g/mol. The number of hydrogen-bond acceptors (Lipinski definition) is 21. The summed E-state index contributed by atoms with van der Waals surface area (Å²) in [6.07, 6.45) is 8.78. The molecule has 7 fully saturated rings. The van der Waals surface area contributed by atoms with Gasteiger partial charge in [-0.3, -0.25) is 29.0 Å². The minimum atomic E-state index is -0.945. The van der Waals surface area contributed by atoms with E-state index in [2.05, 4.69) is 65.5 Å². The lowest BCUT2D eigenvalue weighted by Gasteiger charge is -2.41. The van der Waals surface area contributed by atoms with Gasteiger partial charge in [0.1, 0.15) is 57.5 Å². The number of benzene rings is 8. The largest absolute Gasteiger partial charge is 0.476 e. The number of amides is 6. The third-order valence-electron chi connectivity index (χ3n) is 29.0. The molecule has 11 aliphatic rings. The molecule has 4 atom stereocenters. The summed E-state index contributed by atoms with van der Waals surface area (Å²) >= 11 is 29.3. The highest BCUT2D eigenvalue weighted by molar-refractivity contribution is 9.10. The second kappa shape index (κ2) is 45.6. The molecular weight excluding hydrogens is 2020 g/mol. The van der Waals surface area contributed by atoms with Gasteiger partial charge in [-0.1, -0.05) is 94.9 Å². The van der Waals surface area contributed by atoms with Crippen molar-refractivity contribution in [3.63, 3.8) is 0 Å². The summed E-state index contributed by atoms with van der Waals surface area (Å²) in [7, 11) is 0. The predicted octanol–water partition coefficient (Wildman–Crippen LogP) is 21.3. The summed E-state index contributed by atoms with van der Waals surface area (Å²) in [5.41, 5.74) is 5.03. The number of carbonyl (C=O) groups is 6. The zero-order valence-corrected chi connectivity index (χ0v) is 87.3. The van der Waals surface area contributed by atoms with Gasteiger partial charge in [-0.05, 0) is 274 Å². The number of piperidine rings is 4. The Labute approximate surface area is 877 Å². The van der Waals surface area contributed by atoms with E-state index in [1.807, 2.05) is 30.3 Å². The Kier molecular flexibility index (Phi) is 33.2. The van der Waals surface area contributed by atoms with Crippen LogP contribution >= 0.6 is 62.3 Å². The van der Waals surface area contributed by atoms with Gasteiger partial charge in [0.15, 0.2) is 24.4 Å². The fourth-order valence-electron chi connectivity index (χ4n) is 20.8. The molecule has 6 amide bonds. The van der Waals surface area contributed by atoms with Crippen LogP contribution in [0.1, 0.15) is 154 Å². The number of halogens is 9. The van der Waals surface area contributed by atoms with Crippen molar-refractivity contribution in [3.8, 4) is 47.3 Å². The van der Waals surface area contributed by atoms with E-state index in [1.165, 1.54) is 58.3 Å². The van der Waals surface area contributed by atoms with E-state index in [1.54, 1.807) is 128 Å². The molecule has 146 heavy (non-hydrogen) atoms. The van der Waals surface area contributed by atoms with Gasteiger partial charge in [-0.2, -0.15) is 21.0 Å². The lowest BCUT2D eigenvalue weighted by atomic mass is 9.75. The van der Waals surface area contributed by atoms with Crippen LogP contribution in [-0.4, -0.2) is 209 Å². The third kappa shape index (κ3) is 25.6. The number of likely N-dealkylation sites (tertiary alicyclic amines) is 4. The fourth-order valence-corrected chi connectivity index (χ4v) is 22.1. The van der Waals surface area contributed by atoms with Crippen molar-refractivity contribution in [3.05, 3.63) is 216 Å². The molecule has 11 aliphatic heterocycles. The van der Waals surface area contributed by atoms with E-state index in [-0.39, 0.29) is 60.0 Å². The first-order valence-corrected chi connectivity index (χ1v) is 52.3. The van der Waals surface area contributed by atoms with Crippen LogP contribution in [0, 0.1) is 90.3 Å². The number of rotatable bonds is 15. The second-order valence-corrected chi connectivity index (χ2v) is 44.1. The van der Waals surface area contributed by atoms with Crippen molar-refractivity contribution in [2.75, 3.05) is 153 Å². The van der Waals surface area contributed by atoms with Gasteiger partial charge >= 0.3 is 12.2 Å². The molecule has 770 valence electrons. The van der Waals surface area contributed by atoms with E-state index >= 15 is 0 Å². The smallest absolute Gasteiger partial charge is 0.415 e. The van der Waals surface area contributed by atoms with Crippen molar-refractivity contribution in [1.82, 2.24) is 19.6 Å². The highest BCUT2D eigenvalue weighted by atomic mass is 79.9. The molecule has 8 aromatic carbocycles. The third-order valence-corrected chi connectivity index (χ3v) is 31.1. The SMILES string of the molecule is CC(C)(C)OC(=O)N1CC(C(=O)N2CCC(C#N)(Cc3ccc(F)cc3)CC2)Oc2cc(Br)c(Cl)cc21.CC(C)(C)OC(=O)N1CC(C(=O)N2CCC(C#N)(Cc3ccc(F)cc3)CC2)Oc2cc(N3CCCC3)c(Cl)cc21.N#CC1(Cc2ccc(F)cc2)CCN(C(=O)C2CNc3cc(Cl)c(N4CCCC4)cc3O2)CC1.N#CC1(Cc2ccc(F)cc2)CCN(C(=O)C2CNc3cc(Cl)c(N4CCCC4)cc3O2)CC1. The molecule has 11 heterocycles. The van der Waals surface area contributed by atoms with E-state index in [0.29, 0.717) is 201 Å². The zero-order valence-electron chi connectivity index (χ0n) is 82.7. The molecule has 19 rings (SSSR count).